The first-order valence-electron chi connectivity index (χ1n) is 7.40. The normalized spacial score (nSPS) is 13.1. The van der Waals surface area contributed by atoms with Gasteiger partial charge in [-0.2, -0.15) is 0 Å². The average Bonchev–Trinajstić information content (AvgIpc) is 2.91. The van der Waals surface area contributed by atoms with Gasteiger partial charge in [-0.1, -0.05) is 18.2 Å². The molecule has 2 heterocycles. The first kappa shape index (κ1) is 14.3. The van der Waals surface area contributed by atoms with Crippen molar-refractivity contribution in [3.63, 3.8) is 0 Å². The number of urea groups is 1. The van der Waals surface area contributed by atoms with Crippen LogP contribution in [-0.4, -0.2) is 28.8 Å². The van der Waals surface area contributed by atoms with E-state index in [9.17, 15) is 4.79 Å². The molecule has 6 nitrogen and oxygen atoms in total. The smallest absolute Gasteiger partial charge is 0.320 e. The van der Waals surface area contributed by atoms with Crippen LogP contribution in [0.2, 0.25) is 0 Å². The Bertz CT molecular complexity index is 668. The van der Waals surface area contributed by atoms with Crippen LogP contribution in [0.15, 0.2) is 36.4 Å². The van der Waals surface area contributed by atoms with Crippen molar-refractivity contribution in [1.82, 2.24) is 15.5 Å². The van der Waals surface area contributed by atoms with Gasteiger partial charge in [-0.05, 0) is 44.0 Å². The molecule has 0 fully saturated rings. The van der Waals surface area contributed by atoms with Crippen molar-refractivity contribution in [2.45, 2.75) is 26.3 Å². The molecule has 0 saturated carbocycles. The van der Waals surface area contributed by atoms with Gasteiger partial charge in [0.2, 0.25) is 0 Å². The summed E-state index contributed by atoms with van der Waals surface area (Å²) in [6.07, 6.45) is 1.01. The van der Waals surface area contributed by atoms with E-state index in [2.05, 4.69) is 37.9 Å². The van der Waals surface area contributed by atoms with E-state index < -0.39 is 0 Å². The molecule has 1 aliphatic rings. The Morgan fingerprint density at radius 1 is 1.18 bits per heavy atom. The molecular weight excluding hydrogens is 278 g/mol. The molecule has 1 aromatic heterocycles. The molecular formula is C16H19N5O. The number of amides is 2. The van der Waals surface area contributed by atoms with Gasteiger partial charge in [-0.25, -0.2) is 4.79 Å². The summed E-state index contributed by atoms with van der Waals surface area (Å²) in [5.74, 6) is 1.23. The second-order valence-electron chi connectivity index (χ2n) is 5.56. The van der Waals surface area contributed by atoms with Crippen molar-refractivity contribution >= 4 is 23.4 Å². The van der Waals surface area contributed by atoms with Gasteiger partial charge in [-0.15, -0.1) is 10.2 Å². The lowest BCUT2D eigenvalue weighted by molar-refractivity contribution is 0.250. The zero-order chi connectivity index (χ0) is 15.5. The van der Waals surface area contributed by atoms with Gasteiger partial charge in [0, 0.05) is 18.3 Å². The summed E-state index contributed by atoms with van der Waals surface area (Å²) >= 11 is 0. The molecule has 0 spiro atoms. The van der Waals surface area contributed by atoms with E-state index in [0.717, 1.165) is 18.8 Å². The van der Waals surface area contributed by atoms with Crippen molar-refractivity contribution in [3.8, 4) is 0 Å². The number of fused-ring (bicyclic) bond motifs is 1. The fraction of sp³-hybridized carbons (Fsp3) is 0.312. The first-order valence-corrected chi connectivity index (χ1v) is 7.40. The number of carbonyl (C=O) groups excluding carboxylic acids is 1. The maximum atomic E-state index is 11.6. The van der Waals surface area contributed by atoms with Crippen molar-refractivity contribution in [1.29, 1.82) is 0 Å². The lowest BCUT2D eigenvalue weighted by Gasteiger charge is -2.17. The molecule has 1 aliphatic heterocycles. The highest BCUT2D eigenvalue weighted by molar-refractivity contribution is 5.88. The van der Waals surface area contributed by atoms with Crippen LogP contribution in [0, 0.1) is 0 Å². The van der Waals surface area contributed by atoms with Crippen molar-refractivity contribution < 1.29 is 4.79 Å². The molecule has 0 aliphatic carbocycles. The Morgan fingerprint density at radius 3 is 2.73 bits per heavy atom. The van der Waals surface area contributed by atoms with Crippen molar-refractivity contribution in [2.75, 3.05) is 16.8 Å². The summed E-state index contributed by atoms with van der Waals surface area (Å²) in [6, 6.07) is 11.7. The van der Waals surface area contributed by atoms with Crippen LogP contribution in [0.3, 0.4) is 0 Å². The Labute approximate surface area is 129 Å². The Balaban J connectivity index is 1.72. The third kappa shape index (κ3) is 3.00. The fourth-order valence-electron chi connectivity index (χ4n) is 2.53. The van der Waals surface area contributed by atoms with Crippen molar-refractivity contribution in [2.24, 2.45) is 0 Å². The van der Waals surface area contributed by atoms with E-state index in [4.69, 9.17) is 0 Å². The number of para-hydroxylation sites is 1. The van der Waals surface area contributed by atoms with E-state index in [-0.39, 0.29) is 12.1 Å². The van der Waals surface area contributed by atoms with E-state index in [0.29, 0.717) is 5.82 Å². The lowest BCUT2D eigenvalue weighted by Crippen LogP contribution is -2.34. The van der Waals surface area contributed by atoms with E-state index in [1.165, 1.54) is 11.3 Å². The highest BCUT2D eigenvalue weighted by atomic mass is 16.2. The number of nitrogens with one attached hydrogen (secondary N) is 2. The highest BCUT2D eigenvalue weighted by Crippen LogP contribution is 2.32. The van der Waals surface area contributed by atoms with Crippen molar-refractivity contribution in [3.05, 3.63) is 42.0 Å². The molecule has 0 bridgehead atoms. The SMILES string of the molecule is CC(C)NC(=O)Nc1ccc(N2CCc3ccccc32)nn1. The molecule has 0 saturated heterocycles. The van der Waals surface area contributed by atoms with Gasteiger partial charge >= 0.3 is 6.03 Å². The largest absolute Gasteiger partial charge is 0.336 e. The van der Waals surface area contributed by atoms with Gasteiger partial charge in [0.15, 0.2) is 11.6 Å². The second-order valence-corrected chi connectivity index (χ2v) is 5.56. The predicted octanol–water partition coefficient (Wildman–Crippen LogP) is 2.70. The summed E-state index contributed by atoms with van der Waals surface area (Å²) < 4.78 is 0. The number of anilines is 3. The van der Waals surface area contributed by atoms with Gasteiger partial charge in [-0.3, -0.25) is 5.32 Å². The minimum atomic E-state index is -0.274. The van der Waals surface area contributed by atoms with E-state index in [1.54, 1.807) is 6.07 Å². The third-order valence-corrected chi connectivity index (χ3v) is 3.48. The molecule has 6 heteroatoms. The molecule has 22 heavy (non-hydrogen) atoms. The number of aromatic nitrogens is 2. The van der Waals surface area contributed by atoms with E-state index in [1.807, 2.05) is 32.0 Å². The molecule has 3 rings (SSSR count). The number of hydrogen-bond donors (Lipinski definition) is 2. The van der Waals surface area contributed by atoms with Gasteiger partial charge in [0.05, 0.1) is 0 Å². The van der Waals surface area contributed by atoms with Crippen LogP contribution in [0.25, 0.3) is 0 Å². The van der Waals surface area contributed by atoms with Crippen LogP contribution in [-0.2, 0) is 6.42 Å². The molecule has 1 aromatic carbocycles. The summed E-state index contributed by atoms with van der Waals surface area (Å²) in [5, 5.41) is 13.7. The maximum absolute atomic E-state index is 11.6. The maximum Gasteiger partial charge on any atom is 0.320 e. The molecule has 114 valence electrons. The van der Waals surface area contributed by atoms with Gasteiger partial charge < -0.3 is 10.2 Å². The number of nitrogens with zero attached hydrogens (tertiary/aromatic N) is 3. The average molecular weight is 297 g/mol. The molecule has 2 amide bonds. The fourth-order valence-corrected chi connectivity index (χ4v) is 2.53. The van der Waals surface area contributed by atoms with E-state index >= 15 is 0 Å². The lowest BCUT2D eigenvalue weighted by atomic mass is 10.2. The quantitative estimate of drug-likeness (QED) is 0.914. The van der Waals surface area contributed by atoms with Crippen LogP contribution in [0.5, 0.6) is 0 Å². The number of benzene rings is 1. The topological polar surface area (TPSA) is 70.2 Å². The summed E-state index contributed by atoms with van der Waals surface area (Å²) in [4.78, 5) is 13.8. The number of rotatable bonds is 3. The Kier molecular flexibility index (Phi) is 3.91. The Morgan fingerprint density at radius 2 is 2.00 bits per heavy atom. The first-order chi connectivity index (χ1) is 10.6. The third-order valence-electron chi connectivity index (χ3n) is 3.48. The molecule has 0 radical (unpaired) electrons. The predicted molar refractivity (Wildman–Crippen MR) is 86.5 cm³/mol. The van der Waals surface area contributed by atoms with Crippen LogP contribution < -0.4 is 15.5 Å². The number of carbonyl (C=O) groups is 1. The monoisotopic (exact) mass is 297 g/mol. The number of hydrogen-bond acceptors (Lipinski definition) is 4. The molecule has 2 aromatic rings. The summed E-state index contributed by atoms with van der Waals surface area (Å²) in [7, 11) is 0. The van der Waals surface area contributed by atoms with Crippen LogP contribution in [0.1, 0.15) is 19.4 Å². The minimum Gasteiger partial charge on any atom is -0.336 e. The van der Waals surface area contributed by atoms with Crippen LogP contribution in [0.4, 0.5) is 22.1 Å². The second kappa shape index (κ2) is 6.01. The highest BCUT2D eigenvalue weighted by Gasteiger charge is 2.20. The standard InChI is InChI=1S/C16H19N5O/c1-11(2)17-16(22)18-14-7-8-15(20-19-14)21-10-9-12-5-3-4-6-13(12)21/h3-8,11H,9-10H2,1-2H3,(H2,17,18,19,22). The summed E-state index contributed by atoms with van der Waals surface area (Å²) in [6.45, 7) is 4.70. The Hall–Kier alpha value is -2.63. The molecule has 0 unspecified atom stereocenters. The van der Waals surface area contributed by atoms with Gasteiger partial charge in [0.1, 0.15) is 0 Å². The minimum absolute atomic E-state index is 0.0772. The van der Waals surface area contributed by atoms with Crippen LogP contribution >= 0.6 is 0 Å². The summed E-state index contributed by atoms with van der Waals surface area (Å²) in [5.41, 5.74) is 2.50. The molecule has 2 N–H and O–H groups in total. The zero-order valence-electron chi connectivity index (χ0n) is 12.7. The zero-order valence-corrected chi connectivity index (χ0v) is 12.7. The van der Waals surface area contributed by atoms with Gasteiger partial charge in [0.25, 0.3) is 0 Å². The molecule has 0 atom stereocenters.